The molecule has 10 heteroatoms. The van der Waals surface area contributed by atoms with Crippen molar-refractivity contribution in [2.75, 3.05) is 11.4 Å². The zero-order valence-corrected chi connectivity index (χ0v) is 22.2. The minimum absolute atomic E-state index is 0.0101. The maximum absolute atomic E-state index is 13.8. The monoisotopic (exact) mass is 543 g/mol. The number of nitrogens with zero attached hydrogens (tertiary/aromatic N) is 2. The second-order valence-electron chi connectivity index (χ2n) is 8.54. The number of nitrogens with one attached hydrogen (secondary N) is 1. The summed E-state index contributed by atoms with van der Waals surface area (Å²) >= 11 is 7.38. The van der Waals surface area contributed by atoms with Crippen LogP contribution in [0.1, 0.15) is 37.8 Å². The first kappa shape index (κ1) is 26.1. The first-order valence-corrected chi connectivity index (χ1v) is 14.3. The quantitative estimate of drug-likeness (QED) is 0.437. The summed E-state index contributed by atoms with van der Waals surface area (Å²) in [5, 5.41) is 2.11. The van der Waals surface area contributed by atoms with E-state index >= 15 is 0 Å². The van der Waals surface area contributed by atoms with E-state index in [1.165, 1.54) is 11.0 Å². The Morgan fingerprint density at radius 3 is 2.58 bits per heavy atom. The van der Waals surface area contributed by atoms with Crippen LogP contribution in [0, 0.1) is 5.92 Å². The van der Waals surface area contributed by atoms with Crippen LogP contribution in [0.3, 0.4) is 0 Å². The van der Waals surface area contributed by atoms with E-state index in [9.17, 15) is 18.0 Å². The Morgan fingerprint density at radius 1 is 1.17 bits per heavy atom. The number of thiophene rings is 1. The fraction of sp³-hybridized carbons (Fsp3) is 0.269. The predicted molar refractivity (Wildman–Crippen MR) is 143 cm³/mol. The van der Waals surface area contributed by atoms with Crippen LogP contribution in [-0.2, 0) is 19.6 Å². The highest BCUT2D eigenvalue weighted by Crippen LogP contribution is 2.33. The third-order valence-electron chi connectivity index (χ3n) is 6.09. The zero-order valence-electron chi connectivity index (χ0n) is 19.8. The molecule has 1 aliphatic heterocycles. The lowest BCUT2D eigenvalue weighted by molar-refractivity contribution is -0.121. The normalized spacial score (nSPS) is 16.6. The average Bonchev–Trinajstić information content (AvgIpc) is 3.38. The fourth-order valence-corrected chi connectivity index (χ4v) is 6.19. The molecule has 2 aromatic carbocycles. The van der Waals surface area contributed by atoms with E-state index in [0.29, 0.717) is 22.0 Å². The molecule has 2 atom stereocenters. The number of anilines is 1. The zero-order chi connectivity index (χ0) is 25.9. The minimum Gasteiger partial charge on any atom is -0.309 e. The maximum atomic E-state index is 13.8. The fourth-order valence-electron chi connectivity index (χ4n) is 4.01. The first-order valence-electron chi connectivity index (χ1n) is 11.5. The lowest BCUT2D eigenvalue weighted by atomic mass is 9.98. The number of aliphatic imine (C=N–C) groups is 1. The van der Waals surface area contributed by atoms with Crippen LogP contribution < -0.4 is 9.62 Å². The number of amides is 2. The number of benzodiazepines with no additional fused rings is 1. The Bertz CT molecular complexity index is 1390. The summed E-state index contributed by atoms with van der Waals surface area (Å²) < 4.78 is 27.1. The molecular formula is C26H26ClN3O4S2. The number of benzene rings is 2. The molecule has 7 nitrogen and oxygen atoms in total. The number of carbonyl (C=O) groups is 2. The number of carbonyl (C=O) groups excluding carboxylic acids is 2. The maximum Gasteiger partial charge on any atom is 0.273 e. The van der Waals surface area contributed by atoms with Gasteiger partial charge in [0.1, 0.15) is 10.3 Å². The van der Waals surface area contributed by atoms with Gasteiger partial charge in [-0.3, -0.25) is 14.6 Å². The summed E-state index contributed by atoms with van der Waals surface area (Å²) in [5.74, 6) is -0.996. The van der Waals surface area contributed by atoms with Crippen molar-refractivity contribution in [1.29, 1.82) is 0 Å². The van der Waals surface area contributed by atoms with Gasteiger partial charge in [-0.1, -0.05) is 68.3 Å². The van der Waals surface area contributed by atoms with E-state index in [1.807, 2.05) is 44.2 Å². The molecule has 3 aromatic rings. The third-order valence-corrected chi connectivity index (χ3v) is 9.10. The van der Waals surface area contributed by atoms with Gasteiger partial charge in [-0.2, -0.15) is 0 Å². The van der Waals surface area contributed by atoms with Gasteiger partial charge in [-0.25, -0.2) is 13.1 Å². The number of hydrogen-bond acceptors (Lipinski definition) is 6. The van der Waals surface area contributed by atoms with E-state index in [-0.39, 0.29) is 29.0 Å². The lowest BCUT2D eigenvalue weighted by Gasteiger charge is -2.27. The Labute approximate surface area is 219 Å². The van der Waals surface area contributed by atoms with E-state index in [0.717, 1.165) is 23.3 Å². The van der Waals surface area contributed by atoms with Crippen molar-refractivity contribution < 1.29 is 18.0 Å². The van der Waals surface area contributed by atoms with Crippen molar-refractivity contribution in [3.05, 3.63) is 82.2 Å². The molecule has 0 spiro atoms. The van der Waals surface area contributed by atoms with Gasteiger partial charge in [-0.15, -0.1) is 11.3 Å². The van der Waals surface area contributed by atoms with Crippen LogP contribution in [-0.4, -0.2) is 38.5 Å². The first-order chi connectivity index (χ1) is 17.2. The molecule has 1 N–H and O–H groups in total. The molecule has 1 aliphatic rings. The van der Waals surface area contributed by atoms with Gasteiger partial charge in [0.15, 0.2) is 0 Å². The van der Waals surface area contributed by atoms with Crippen LogP contribution >= 0.6 is 22.9 Å². The molecule has 0 saturated carbocycles. The molecule has 2 amide bonds. The Balaban J connectivity index is 1.69. The highest BCUT2D eigenvalue weighted by Gasteiger charge is 2.35. The largest absolute Gasteiger partial charge is 0.309 e. The van der Waals surface area contributed by atoms with Crippen molar-refractivity contribution >= 4 is 56.2 Å². The van der Waals surface area contributed by atoms with Crippen LogP contribution in [0.25, 0.3) is 0 Å². The van der Waals surface area contributed by atoms with Gasteiger partial charge >= 0.3 is 0 Å². The molecule has 2 heterocycles. The van der Waals surface area contributed by atoms with Gasteiger partial charge in [0.05, 0.1) is 11.4 Å². The van der Waals surface area contributed by atoms with Crippen LogP contribution in [0.15, 0.2) is 75.2 Å². The topological polar surface area (TPSA) is 95.9 Å². The lowest BCUT2D eigenvalue weighted by Crippen LogP contribution is -2.43. The number of sulfonamides is 1. The molecule has 0 bridgehead atoms. The van der Waals surface area contributed by atoms with Crippen molar-refractivity contribution in [3.8, 4) is 0 Å². The second-order valence-corrected chi connectivity index (χ2v) is 11.8. The number of fused-ring (bicyclic) bond motifs is 1. The molecule has 188 valence electrons. The number of rotatable bonds is 8. The predicted octanol–water partition coefficient (Wildman–Crippen LogP) is 4.90. The smallest absolute Gasteiger partial charge is 0.273 e. The van der Waals surface area contributed by atoms with Gasteiger partial charge in [0, 0.05) is 29.1 Å². The van der Waals surface area contributed by atoms with Crippen LogP contribution in [0.5, 0.6) is 0 Å². The van der Waals surface area contributed by atoms with Crippen molar-refractivity contribution in [2.24, 2.45) is 10.9 Å². The van der Waals surface area contributed by atoms with Gasteiger partial charge in [-0.05, 0) is 35.6 Å². The van der Waals surface area contributed by atoms with Gasteiger partial charge in [0.25, 0.3) is 15.9 Å². The molecule has 0 saturated heterocycles. The average molecular weight is 544 g/mol. The van der Waals surface area contributed by atoms with Crippen molar-refractivity contribution in [2.45, 2.75) is 36.9 Å². The number of hydrogen-bond donors (Lipinski definition) is 1. The van der Waals surface area contributed by atoms with E-state index in [1.54, 1.807) is 29.6 Å². The standard InChI is InChI=1S/C26H26ClN3O4S2/c1-3-17(2)24-26(32)30(14-13-22(31)29-36(33,34)23-10-7-15-35-23)21-12-11-19(27)16-20(21)25(28-24)18-8-5-4-6-9-18/h4-12,15-17,24H,3,13-14H2,1-2H3,(H,29,31)/t17-,24-/m0/s1. The minimum atomic E-state index is -3.95. The summed E-state index contributed by atoms with van der Waals surface area (Å²) in [4.78, 5) is 32.9. The van der Waals surface area contributed by atoms with Crippen LogP contribution in [0.4, 0.5) is 5.69 Å². The number of halogens is 1. The Kier molecular flexibility index (Phi) is 7.92. The highest BCUT2D eigenvalue weighted by atomic mass is 35.5. The molecule has 1 aromatic heterocycles. The van der Waals surface area contributed by atoms with Crippen molar-refractivity contribution in [1.82, 2.24) is 4.72 Å². The molecule has 0 aliphatic carbocycles. The molecule has 0 fully saturated rings. The molecule has 0 unspecified atom stereocenters. The molecule has 4 rings (SSSR count). The molecule has 36 heavy (non-hydrogen) atoms. The van der Waals surface area contributed by atoms with Crippen molar-refractivity contribution in [3.63, 3.8) is 0 Å². The molecule has 0 radical (unpaired) electrons. The summed E-state index contributed by atoms with van der Waals surface area (Å²) in [6.07, 6.45) is 0.527. The highest BCUT2D eigenvalue weighted by molar-refractivity contribution is 7.92. The SMILES string of the molecule is CC[C@H](C)[C@@H]1N=C(c2ccccc2)c2cc(Cl)ccc2N(CCC(=O)NS(=O)(=O)c2cccs2)C1=O. The third kappa shape index (κ3) is 5.53. The second kappa shape index (κ2) is 10.9. The van der Waals surface area contributed by atoms with E-state index in [4.69, 9.17) is 16.6 Å². The summed E-state index contributed by atoms with van der Waals surface area (Å²) in [6, 6.07) is 17.1. The molecular weight excluding hydrogens is 518 g/mol. The van der Waals surface area contributed by atoms with Gasteiger partial charge < -0.3 is 4.90 Å². The summed E-state index contributed by atoms with van der Waals surface area (Å²) in [7, 11) is -3.95. The Morgan fingerprint density at radius 2 is 1.92 bits per heavy atom. The summed E-state index contributed by atoms with van der Waals surface area (Å²) in [5.41, 5.74) is 2.76. The van der Waals surface area contributed by atoms with Gasteiger partial charge in [0.2, 0.25) is 5.91 Å². The van der Waals surface area contributed by atoms with Crippen LogP contribution in [0.2, 0.25) is 5.02 Å². The van der Waals surface area contributed by atoms with E-state index < -0.39 is 22.0 Å². The van der Waals surface area contributed by atoms with E-state index in [2.05, 4.69) is 4.72 Å². The Hall–Kier alpha value is -3.01. The summed E-state index contributed by atoms with van der Waals surface area (Å²) in [6.45, 7) is 3.96.